The van der Waals surface area contributed by atoms with Gasteiger partial charge >= 0.3 is 0 Å². The molecule has 1 amide bonds. The Kier molecular flexibility index (Phi) is 4.05. The first-order valence-electron chi connectivity index (χ1n) is 6.76. The highest BCUT2D eigenvalue weighted by atomic mass is 16.2. The zero-order valence-corrected chi connectivity index (χ0v) is 11.3. The van der Waals surface area contributed by atoms with Crippen LogP contribution in [0.3, 0.4) is 0 Å². The Morgan fingerprint density at radius 1 is 1.41 bits per heavy atom. The average Bonchev–Trinajstić information content (AvgIpc) is 2.74. The molecule has 4 nitrogen and oxygen atoms in total. The van der Waals surface area contributed by atoms with Crippen molar-refractivity contribution < 1.29 is 4.79 Å². The van der Waals surface area contributed by atoms with Crippen molar-refractivity contribution in [3.8, 4) is 0 Å². The van der Waals surface area contributed by atoms with Crippen molar-refractivity contribution in [1.29, 1.82) is 0 Å². The van der Waals surface area contributed by atoms with Gasteiger partial charge in [0, 0.05) is 19.6 Å². The zero-order chi connectivity index (χ0) is 12.4. The smallest absolute Gasteiger partial charge is 0.236 e. The van der Waals surface area contributed by atoms with Crippen LogP contribution in [-0.4, -0.2) is 61.5 Å². The van der Waals surface area contributed by atoms with Gasteiger partial charge in [-0.1, -0.05) is 0 Å². The molecule has 4 heteroatoms. The van der Waals surface area contributed by atoms with E-state index >= 15 is 0 Å². The number of rotatable bonds is 3. The lowest BCUT2D eigenvalue weighted by Gasteiger charge is -2.35. The van der Waals surface area contributed by atoms with E-state index in [2.05, 4.69) is 24.1 Å². The largest absolute Gasteiger partial charge is 0.342 e. The van der Waals surface area contributed by atoms with Crippen LogP contribution in [0.4, 0.5) is 0 Å². The van der Waals surface area contributed by atoms with Gasteiger partial charge in [0.25, 0.3) is 0 Å². The first kappa shape index (κ1) is 12.8. The van der Waals surface area contributed by atoms with Gasteiger partial charge in [0.2, 0.25) is 5.91 Å². The van der Waals surface area contributed by atoms with Crippen molar-refractivity contribution in [1.82, 2.24) is 15.1 Å². The van der Waals surface area contributed by atoms with Gasteiger partial charge in [-0.2, -0.15) is 0 Å². The van der Waals surface area contributed by atoms with E-state index in [1.165, 1.54) is 13.0 Å². The fourth-order valence-corrected chi connectivity index (χ4v) is 2.84. The molecule has 2 aliphatic heterocycles. The van der Waals surface area contributed by atoms with Crippen LogP contribution in [0.1, 0.15) is 20.3 Å². The minimum atomic E-state index is 0.254. The molecule has 2 atom stereocenters. The molecule has 0 spiro atoms. The third kappa shape index (κ3) is 2.99. The van der Waals surface area contributed by atoms with Crippen LogP contribution in [0.2, 0.25) is 0 Å². The average molecular weight is 239 g/mol. The summed E-state index contributed by atoms with van der Waals surface area (Å²) in [6, 6.07) is 0.299. The van der Waals surface area contributed by atoms with Crippen molar-refractivity contribution >= 4 is 5.91 Å². The number of carbonyl (C=O) groups excluding carboxylic acids is 1. The van der Waals surface area contributed by atoms with Crippen LogP contribution in [0.5, 0.6) is 0 Å². The minimum absolute atomic E-state index is 0.254. The molecule has 0 aromatic carbocycles. The number of nitrogens with zero attached hydrogens (tertiary/aromatic N) is 2. The van der Waals surface area contributed by atoms with Gasteiger partial charge in [-0.15, -0.1) is 0 Å². The molecule has 17 heavy (non-hydrogen) atoms. The second-order valence-electron chi connectivity index (χ2n) is 5.80. The highest BCUT2D eigenvalue weighted by Gasteiger charge is 2.33. The fourth-order valence-electron chi connectivity index (χ4n) is 2.84. The molecule has 0 aromatic heterocycles. The maximum absolute atomic E-state index is 12.0. The molecule has 0 bridgehead atoms. The van der Waals surface area contributed by atoms with Crippen LogP contribution in [0, 0.1) is 11.8 Å². The molecule has 98 valence electrons. The van der Waals surface area contributed by atoms with E-state index in [4.69, 9.17) is 0 Å². The van der Waals surface area contributed by atoms with Crippen LogP contribution in [0.15, 0.2) is 0 Å². The molecule has 2 unspecified atom stereocenters. The third-order valence-electron chi connectivity index (χ3n) is 4.32. The lowest BCUT2D eigenvalue weighted by Crippen LogP contribution is -2.46. The molecule has 1 N–H and O–H groups in total. The van der Waals surface area contributed by atoms with Gasteiger partial charge in [0.05, 0.1) is 6.54 Å². The number of nitrogens with one attached hydrogen (secondary N) is 1. The molecule has 2 saturated heterocycles. The van der Waals surface area contributed by atoms with Crippen molar-refractivity contribution in [2.24, 2.45) is 11.8 Å². The first-order chi connectivity index (χ1) is 8.08. The second kappa shape index (κ2) is 5.36. The first-order valence-corrected chi connectivity index (χ1v) is 6.76. The number of likely N-dealkylation sites (N-methyl/N-ethyl adjacent to an activating group) is 1. The van der Waals surface area contributed by atoms with Crippen molar-refractivity contribution in [3.63, 3.8) is 0 Å². The normalized spacial score (nSPS) is 29.4. The van der Waals surface area contributed by atoms with E-state index in [-0.39, 0.29) is 5.91 Å². The van der Waals surface area contributed by atoms with Gasteiger partial charge < -0.3 is 10.2 Å². The number of hydrogen-bond acceptors (Lipinski definition) is 3. The summed E-state index contributed by atoms with van der Waals surface area (Å²) in [6.45, 7) is 9.21. The topological polar surface area (TPSA) is 35.6 Å². The number of fused-ring (bicyclic) bond motifs is 1. The molecule has 0 radical (unpaired) electrons. The fraction of sp³-hybridized carbons (Fsp3) is 0.923. The predicted octanol–water partition coefficient (Wildman–Crippen LogP) is 0.395. The van der Waals surface area contributed by atoms with Gasteiger partial charge in [-0.3, -0.25) is 9.69 Å². The van der Waals surface area contributed by atoms with E-state index in [1.807, 2.05) is 11.9 Å². The van der Waals surface area contributed by atoms with E-state index in [9.17, 15) is 4.79 Å². The van der Waals surface area contributed by atoms with Crippen LogP contribution in [-0.2, 0) is 4.79 Å². The number of amides is 1. The molecule has 0 saturated carbocycles. The molecule has 0 aromatic rings. The standard InChI is InChI=1S/C13H25N3O/c1-10(2)15(3)13(17)9-16-5-4-11-6-14-7-12(11)8-16/h10-12,14H,4-9H2,1-3H3. The summed E-state index contributed by atoms with van der Waals surface area (Å²) in [4.78, 5) is 16.2. The van der Waals surface area contributed by atoms with Crippen molar-refractivity contribution in [2.75, 3.05) is 39.8 Å². The van der Waals surface area contributed by atoms with Gasteiger partial charge in [0.1, 0.15) is 0 Å². The monoisotopic (exact) mass is 239 g/mol. The molecule has 2 heterocycles. The minimum Gasteiger partial charge on any atom is -0.342 e. The molecular formula is C13H25N3O. The lowest BCUT2D eigenvalue weighted by molar-refractivity contribution is -0.133. The summed E-state index contributed by atoms with van der Waals surface area (Å²) < 4.78 is 0. The quantitative estimate of drug-likeness (QED) is 0.774. The van der Waals surface area contributed by atoms with E-state index in [0.29, 0.717) is 12.6 Å². The number of piperidine rings is 1. The molecule has 2 fully saturated rings. The SMILES string of the molecule is CC(C)N(C)C(=O)CN1CCC2CNCC2C1. The summed E-state index contributed by atoms with van der Waals surface area (Å²) in [6.07, 6.45) is 1.25. The summed E-state index contributed by atoms with van der Waals surface area (Å²) in [5.41, 5.74) is 0. The molecule has 2 rings (SSSR count). The third-order valence-corrected chi connectivity index (χ3v) is 4.32. The highest BCUT2D eigenvalue weighted by Crippen LogP contribution is 2.26. The summed E-state index contributed by atoms with van der Waals surface area (Å²) in [7, 11) is 1.90. The summed E-state index contributed by atoms with van der Waals surface area (Å²) in [5.74, 6) is 1.87. The Morgan fingerprint density at radius 2 is 2.12 bits per heavy atom. The van der Waals surface area contributed by atoms with E-state index < -0.39 is 0 Å². The Labute approximate surface area is 104 Å². The van der Waals surface area contributed by atoms with Gasteiger partial charge in [-0.05, 0) is 51.7 Å². The molecule has 2 aliphatic rings. The van der Waals surface area contributed by atoms with E-state index in [0.717, 1.165) is 31.5 Å². The summed E-state index contributed by atoms with van der Waals surface area (Å²) >= 11 is 0. The molecule has 0 aliphatic carbocycles. The Hall–Kier alpha value is -0.610. The predicted molar refractivity (Wildman–Crippen MR) is 68.8 cm³/mol. The van der Waals surface area contributed by atoms with Crippen LogP contribution in [0.25, 0.3) is 0 Å². The lowest BCUT2D eigenvalue weighted by atomic mass is 9.89. The van der Waals surface area contributed by atoms with Gasteiger partial charge in [0.15, 0.2) is 0 Å². The maximum atomic E-state index is 12.0. The Morgan fingerprint density at radius 3 is 2.82 bits per heavy atom. The van der Waals surface area contributed by atoms with Crippen molar-refractivity contribution in [3.05, 3.63) is 0 Å². The summed E-state index contributed by atoms with van der Waals surface area (Å²) in [5, 5.41) is 3.46. The Balaban J connectivity index is 1.82. The molecular weight excluding hydrogens is 214 g/mol. The number of carbonyl (C=O) groups is 1. The Bertz CT molecular complexity index is 280. The number of likely N-dealkylation sites (tertiary alicyclic amines) is 1. The van der Waals surface area contributed by atoms with Crippen LogP contribution < -0.4 is 5.32 Å². The number of hydrogen-bond donors (Lipinski definition) is 1. The maximum Gasteiger partial charge on any atom is 0.236 e. The second-order valence-corrected chi connectivity index (χ2v) is 5.80. The zero-order valence-electron chi connectivity index (χ0n) is 11.3. The van der Waals surface area contributed by atoms with Crippen molar-refractivity contribution in [2.45, 2.75) is 26.3 Å². The van der Waals surface area contributed by atoms with Gasteiger partial charge in [-0.25, -0.2) is 0 Å². The van der Waals surface area contributed by atoms with Crippen LogP contribution >= 0.6 is 0 Å². The highest BCUT2D eigenvalue weighted by molar-refractivity contribution is 5.78. The van der Waals surface area contributed by atoms with E-state index in [1.54, 1.807) is 0 Å².